The van der Waals surface area contributed by atoms with Crippen molar-refractivity contribution in [1.29, 1.82) is 0 Å². The zero-order chi connectivity index (χ0) is 19.6. The highest BCUT2D eigenvalue weighted by molar-refractivity contribution is 6.69. The molecular weight excluding hydrogens is 352 g/mol. The Morgan fingerprint density at radius 3 is 2.56 bits per heavy atom. The van der Waals surface area contributed by atoms with Crippen LogP contribution in [0, 0.1) is 34.5 Å². The maximum Gasteiger partial charge on any atom is 0.184 e. The van der Waals surface area contributed by atoms with E-state index in [9.17, 15) is 9.59 Å². The maximum atomic E-state index is 12.6. The van der Waals surface area contributed by atoms with Gasteiger partial charge in [0.25, 0.3) is 0 Å². The molecule has 4 heteroatoms. The molecule has 4 aliphatic carbocycles. The van der Waals surface area contributed by atoms with E-state index in [1.165, 1.54) is 11.9 Å². The third kappa shape index (κ3) is 2.93. The fraction of sp³-hybridized carbons (Fsp3) is 0.826. The normalized spacial score (nSPS) is 46.9. The summed E-state index contributed by atoms with van der Waals surface area (Å²) in [4.78, 5) is 25.2. The number of carbonyl (C=O) groups is 2. The van der Waals surface area contributed by atoms with Crippen LogP contribution >= 0.6 is 0 Å². The molecule has 3 saturated carbocycles. The fourth-order valence-electron chi connectivity index (χ4n) is 7.30. The largest absolute Gasteiger partial charge is 0.411 e. The van der Waals surface area contributed by atoms with Gasteiger partial charge in [0.05, 0.1) is 11.5 Å². The Labute approximate surface area is 165 Å². The Morgan fingerprint density at radius 1 is 1.15 bits per heavy atom. The molecule has 7 atom stereocenters. The highest BCUT2D eigenvalue weighted by Gasteiger charge is 2.62. The van der Waals surface area contributed by atoms with E-state index in [-0.39, 0.29) is 16.9 Å². The summed E-state index contributed by atoms with van der Waals surface area (Å²) in [6.45, 7) is 11.3. The lowest BCUT2D eigenvalue weighted by atomic mass is 9.45. The molecule has 0 aromatic rings. The van der Waals surface area contributed by atoms with Crippen molar-refractivity contribution in [1.82, 2.24) is 0 Å². The molecule has 0 aromatic heterocycles. The van der Waals surface area contributed by atoms with E-state index >= 15 is 0 Å². The van der Waals surface area contributed by atoms with Gasteiger partial charge in [-0.15, -0.1) is 0 Å². The number of Topliss-reactive ketones (excluding diaryl/α,β-unsaturated/α-hetero) is 1. The second-order valence-corrected chi connectivity index (χ2v) is 15.5. The van der Waals surface area contributed by atoms with Crippen LogP contribution in [-0.4, -0.2) is 26.5 Å². The van der Waals surface area contributed by atoms with Gasteiger partial charge in [-0.05, 0) is 81.8 Å². The van der Waals surface area contributed by atoms with E-state index in [4.69, 9.17) is 4.43 Å². The second kappa shape index (κ2) is 6.38. The minimum absolute atomic E-state index is 0.126. The fourth-order valence-corrected chi connectivity index (χ4v) is 8.39. The van der Waals surface area contributed by atoms with Crippen molar-refractivity contribution < 1.29 is 14.0 Å². The topological polar surface area (TPSA) is 43.4 Å². The smallest absolute Gasteiger partial charge is 0.184 e. The Morgan fingerprint density at radius 2 is 1.89 bits per heavy atom. The third-order valence-electron chi connectivity index (χ3n) is 8.44. The Balaban J connectivity index is 1.68. The molecule has 0 radical (unpaired) electrons. The number of allylic oxidation sites excluding steroid dienone is 1. The standard InChI is InChI=1S/C23H36O3Si/c1-15-12-16-13-17(26-27(3,4)5)8-11-23(16,14-24)19-9-10-22(2)18(21(15)19)6-7-20(22)25/h13-15,17-19,21H,6-12H2,1-5H3/t15?,17?,18-,19+,21-,22-,23+/m0/s1. The minimum atomic E-state index is -1.59. The molecule has 3 nitrogen and oxygen atoms in total. The van der Waals surface area contributed by atoms with Crippen LogP contribution in [0.15, 0.2) is 11.6 Å². The highest BCUT2D eigenvalue weighted by atomic mass is 28.4. The predicted octanol–water partition coefficient (Wildman–Crippen LogP) is 5.16. The summed E-state index contributed by atoms with van der Waals surface area (Å²) in [5.74, 6) is 2.45. The molecule has 0 bridgehead atoms. The summed E-state index contributed by atoms with van der Waals surface area (Å²) in [6, 6.07) is 0. The van der Waals surface area contributed by atoms with Crippen LogP contribution in [0.1, 0.15) is 58.8 Å². The zero-order valence-electron chi connectivity index (χ0n) is 17.7. The van der Waals surface area contributed by atoms with E-state index in [0.717, 1.165) is 44.9 Å². The molecule has 0 N–H and O–H groups in total. The Bertz CT molecular complexity index is 678. The summed E-state index contributed by atoms with van der Waals surface area (Å²) in [6.07, 6.45) is 10.5. The number of rotatable bonds is 3. The summed E-state index contributed by atoms with van der Waals surface area (Å²) in [5.41, 5.74) is 0.941. The van der Waals surface area contributed by atoms with Crippen molar-refractivity contribution in [2.24, 2.45) is 34.5 Å². The first-order valence-corrected chi connectivity index (χ1v) is 14.4. The molecule has 0 saturated heterocycles. The number of fused-ring (bicyclic) bond motifs is 5. The van der Waals surface area contributed by atoms with E-state index < -0.39 is 8.32 Å². The first-order valence-electron chi connectivity index (χ1n) is 11.0. The molecule has 150 valence electrons. The number of hydrogen-bond donors (Lipinski definition) is 0. The van der Waals surface area contributed by atoms with Crippen LogP contribution in [0.2, 0.25) is 19.6 Å². The van der Waals surface area contributed by atoms with E-state index in [2.05, 4.69) is 39.6 Å². The van der Waals surface area contributed by atoms with Gasteiger partial charge in [0.2, 0.25) is 0 Å². The summed E-state index contributed by atoms with van der Waals surface area (Å²) in [7, 11) is -1.59. The second-order valence-electron chi connectivity index (χ2n) is 11.0. The SMILES string of the molecule is CC1CC2=CC(O[Si](C)(C)C)CC[C@]2(C=O)[C@@H]2CC[C@]3(C)C(=O)CC[C@H]3[C@H]12. The number of ketones is 1. The third-order valence-corrected chi connectivity index (χ3v) is 9.45. The molecule has 0 amide bonds. The lowest BCUT2D eigenvalue weighted by Crippen LogP contribution is -2.55. The molecule has 27 heavy (non-hydrogen) atoms. The quantitative estimate of drug-likeness (QED) is 0.381. The lowest BCUT2D eigenvalue weighted by Gasteiger charge is -2.58. The van der Waals surface area contributed by atoms with Crippen LogP contribution in [-0.2, 0) is 14.0 Å². The van der Waals surface area contributed by atoms with Gasteiger partial charge in [0.1, 0.15) is 12.1 Å². The average molecular weight is 389 g/mol. The highest BCUT2D eigenvalue weighted by Crippen LogP contribution is 2.65. The molecule has 4 rings (SSSR count). The van der Waals surface area contributed by atoms with Crippen molar-refractivity contribution in [3.63, 3.8) is 0 Å². The maximum absolute atomic E-state index is 12.6. The van der Waals surface area contributed by atoms with Gasteiger partial charge in [-0.1, -0.05) is 25.5 Å². The van der Waals surface area contributed by atoms with Crippen molar-refractivity contribution in [2.45, 2.75) is 84.5 Å². The van der Waals surface area contributed by atoms with Gasteiger partial charge in [0.15, 0.2) is 8.32 Å². The first-order chi connectivity index (χ1) is 12.6. The van der Waals surface area contributed by atoms with Crippen molar-refractivity contribution in [2.75, 3.05) is 0 Å². The minimum Gasteiger partial charge on any atom is -0.411 e. The van der Waals surface area contributed by atoms with Crippen molar-refractivity contribution in [3.8, 4) is 0 Å². The van der Waals surface area contributed by atoms with Crippen molar-refractivity contribution in [3.05, 3.63) is 11.6 Å². The molecule has 3 fully saturated rings. The molecule has 0 heterocycles. The summed E-state index contributed by atoms with van der Waals surface area (Å²) < 4.78 is 6.39. The van der Waals surface area contributed by atoms with Gasteiger partial charge in [-0.2, -0.15) is 0 Å². The molecular formula is C23H36O3Si. The van der Waals surface area contributed by atoms with Crippen LogP contribution in [0.3, 0.4) is 0 Å². The number of aldehydes is 1. The molecule has 0 aromatic carbocycles. The Kier molecular flexibility index (Phi) is 4.63. The summed E-state index contributed by atoms with van der Waals surface area (Å²) in [5, 5.41) is 0. The monoisotopic (exact) mass is 388 g/mol. The van der Waals surface area contributed by atoms with Crippen LogP contribution in [0.4, 0.5) is 0 Å². The van der Waals surface area contributed by atoms with E-state index in [0.29, 0.717) is 29.5 Å². The van der Waals surface area contributed by atoms with Crippen LogP contribution in [0.5, 0.6) is 0 Å². The van der Waals surface area contributed by atoms with Crippen molar-refractivity contribution >= 4 is 20.4 Å². The molecule has 2 unspecified atom stereocenters. The van der Waals surface area contributed by atoms with E-state index in [1.807, 2.05) is 0 Å². The van der Waals surface area contributed by atoms with Crippen LogP contribution < -0.4 is 0 Å². The first kappa shape index (κ1) is 19.6. The van der Waals surface area contributed by atoms with Gasteiger partial charge in [-0.3, -0.25) is 4.79 Å². The van der Waals surface area contributed by atoms with Gasteiger partial charge < -0.3 is 9.22 Å². The lowest BCUT2D eigenvalue weighted by molar-refractivity contribution is -0.138. The van der Waals surface area contributed by atoms with Crippen LogP contribution in [0.25, 0.3) is 0 Å². The number of carbonyl (C=O) groups excluding carboxylic acids is 2. The predicted molar refractivity (Wildman–Crippen MR) is 110 cm³/mol. The molecule has 0 spiro atoms. The van der Waals surface area contributed by atoms with E-state index in [1.54, 1.807) is 0 Å². The average Bonchev–Trinajstić information content (AvgIpc) is 2.89. The molecule has 4 aliphatic rings. The number of hydrogen-bond acceptors (Lipinski definition) is 3. The zero-order valence-corrected chi connectivity index (χ0v) is 18.7. The molecule has 0 aliphatic heterocycles. The van der Waals surface area contributed by atoms with Gasteiger partial charge >= 0.3 is 0 Å². The van der Waals surface area contributed by atoms with Gasteiger partial charge in [-0.25, -0.2) is 0 Å². The summed E-state index contributed by atoms with van der Waals surface area (Å²) >= 11 is 0. The Hall–Kier alpha value is -0.743. The van der Waals surface area contributed by atoms with Gasteiger partial charge in [0, 0.05) is 11.8 Å².